The highest BCUT2D eigenvalue weighted by Crippen LogP contribution is 2.26. The average molecular weight is 286 g/mol. The molecule has 20 heavy (non-hydrogen) atoms. The van der Waals surface area contributed by atoms with Crippen molar-refractivity contribution in [3.05, 3.63) is 39.8 Å². The Morgan fingerprint density at radius 3 is 2.60 bits per heavy atom. The van der Waals surface area contributed by atoms with Gasteiger partial charge in [-0.25, -0.2) is 4.98 Å². The van der Waals surface area contributed by atoms with E-state index in [-0.39, 0.29) is 11.0 Å². The highest BCUT2D eigenvalue weighted by molar-refractivity contribution is 5.78. The lowest BCUT2D eigenvalue weighted by Gasteiger charge is -2.12. The molecule has 5 nitrogen and oxygen atoms in total. The maximum absolute atomic E-state index is 12.8. The zero-order valence-corrected chi connectivity index (χ0v) is 10.2. The van der Waals surface area contributed by atoms with Crippen LogP contribution in [0.3, 0.4) is 0 Å². The van der Waals surface area contributed by atoms with Crippen LogP contribution < -0.4 is 5.56 Å². The van der Waals surface area contributed by atoms with Crippen molar-refractivity contribution < 1.29 is 23.1 Å². The highest BCUT2D eigenvalue weighted by atomic mass is 19.4. The minimum Gasteiger partial charge on any atom is -0.480 e. The molecule has 2 rings (SSSR count). The number of aliphatic carboxylic acids is 1. The maximum atomic E-state index is 12.8. The Morgan fingerprint density at radius 1 is 1.40 bits per heavy atom. The summed E-state index contributed by atoms with van der Waals surface area (Å²) in [6, 6.07) is 4.31. The maximum Gasteiger partial charge on any atom is 0.438 e. The molecule has 8 heteroatoms. The fourth-order valence-corrected chi connectivity index (χ4v) is 1.83. The third-order valence-electron chi connectivity index (χ3n) is 2.66. The quantitative estimate of drug-likeness (QED) is 0.913. The summed E-state index contributed by atoms with van der Waals surface area (Å²) in [5.74, 6) is -1.41. The van der Waals surface area contributed by atoms with Crippen LogP contribution in [-0.4, -0.2) is 20.6 Å². The minimum atomic E-state index is -4.94. The lowest BCUT2D eigenvalue weighted by molar-refractivity contribution is -0.143. The van der Waals surface area contributed by atoms with Gasteiger partial charge < -0.3 is 5.11 Å². The first-order valence-corrected chi connectivity index (χ1v) is 5.50. The van der Waals surface area contributed by atoms with Gasteiger partial charge in [0, 0.05) is 0 Å². The van der Waals surface area contributed by atoms with E-state index >= 15 is 0 Å². The van der Waals surface area contributed by atoms with Crippen molar-refractivity contribution in [2.75, 3.05) is 0 Å². The molecule has 0 bridgehead atoms. The normalized spacial score (nSPS) is 11.8. The molecule has 0 aliphatic carbocycles. The van der Waals surface area contributed by atoms with E-state index in [1.54, 1.807) is 13.0 Å². The Bertz CT molecular complexity index is 750. The van der Waals surface area contributed by atoms with Gasteiger partial charge >= 0.3 is 12.1 Å². The molecule has 1 aromatic carbocycles. The Balaban J connectivity index is 2.88. The van der Waals surface area contributed by atoms with Crippen LogP contribution in [0.2, 0.25) is 0 Å². The number of carboxylic acid groups (broad SMARTS) is 1. The van der Waals surface area contributed by atoms with E-state index in [1.165, 1.54) is 12.1 Å². The van der Waals surface area contributed by atoms with Crippen LogP contribution >= 0.6 is 0 Å². The molecule has 0 saturated heterocycles. The molecule has 1 N–H and O–H groups in total. The van der Waals surface area contributed by atoms with Gasteiger partial charge in [-0.3, -0.25) is 14.2 Å². The van der Waals surface area contributed by atoms with Gasteiger partial charge in [0.1, 0.15) is 6.54 Å². The number of hydrogen-bond donors (Lipinski definition) is 1. The Labute approximate surface area is 110 Å². The summed E-state index contributed by atoms with van der Waals surface area (Å²) in [4.78, 5) is 25.8. The second-order valence-corrected chi connectivity index (χ2v) is 4.24. The molecule has 1 aromatic heterocycles. The molecule has 0 aliphatic heterocycles. The lowest BCUT2D eigenvalue weighted by atomic mass is 10.2. The standard InChI is InChI=1S/C12H9F3N2O3/c1-6-2-3-8-7(4-6)16-10(12(13,14)15)11(20)17(8)5-9(18)19/h2-4H,5H2,1H3,(H,18,19). The van der Waals surface area contributed by atoms with Crippen LogP contribution in [0.5, 0.6) is 0 Å². The second-order valence-electron chi connectivity index (χ2n) is 4.24. The SMILES string of the molecule is Cc1ccc2c(c1)nc(C(F)(F)F)c(=O)n2CC(=O)O. The highest BCUT2D eigenvalue weighted by Gasteiger charge is 2.37. The van der Waals surface area contributed by atoms with E-state index in [1.807, 2.05) is 0 Å². The zero-order chi connectivity index (χ0) is 15.1. The summed E-state index contributed by atoms with van der Waals surface area (Å²) < 4.78 is 38.9. The van der Waals surface area contributed by atoms with Crippen molar-refractivity contribution in [3.63, 3.8) is 0 Å². The predicted octanol–water partition coefficient (Wildman–Crippen LogP) is 1.81. The molecule has 106 valence electrons. The zero-order valence-electron chi connectivity index (χ0n) is 10.2. The molecule has 2 aromatic rings. The van der Waals surface area contributed by atoms with E-state index in [9.17, 15) is 22.8 Å². The summed E-state index contributed by atoms with van der Waals surface area (Å²) in [5.41, 5.74) is -2.44. The van der Waals surface area contributed by atoms with Crippen LogP contribution in [0.4, 0.5) is 13.2 Å². The number of carbonyl (C=O) groups is 1. The van der Waals surface area contributed by atoms with Crippen molar-refractivity contribution >= 4 is 17.0 Å². The van der Waals surface area contributed by atoms with Crippen molar-refractivity contribution in [3.8, 4) is 0 Å². The molecule has 0 aliphatic rings. The molecule has 0 unspecified atom stereocenters. The van der Waals surface area contributed by atoms with Gasteiger partial charge in [0.15, 0.2) is 0 Å². The molecule has 0 amide bonds. The average Bonchev–Trinajstić information content (AvgIpc) is 2.30. The van der Waals surface area contributed by atoms with Crippen LogP contribution in [0.1, 0.15) is 11.3 Å². The number of benzene rings is 1. The van der Waals surface area contributed by atoms with Gasteiger partial charge in [-0.1, -0.05) is 6.07 Å². The van der Waals surface area contributed by atoms with Gasteiger partial charge in [0.2, 0.25) is 5.69 Å². The predicted molar refractivity (Wildman–Crippen MR) is 63.4 cm³/mol. The van der Waals surface area contributed by atoms with E-state index in [0.717, 1.165) is 0 Å². The van der Waals surface area contributed by atoms with E-state index in [0.29, 0.717) is 10.1 Å². The topological polar surface area (TPSA) is 72.2 Å². The molecular weight excluding hydrogens is 277 g/mol. The third kappa shape index (κ3) is 2.49. The first-order valence-electron chi connectivity index (χ1n) is 5.50. The van der Waals surface area contributed by atoms with Crippen molar-refractivity contribution in [1.29, 1.82) is 0 Å². The molecule has 0 fully saturated rings. The van der Waals surface area contributed by atoms with Crippen LogP contribution in [0.25, 0.3) is 11.0 Å². The fraction of sp³-hybridized carbons (Fsp3) is 0.250. The molecule has 1 heterocycles. The number of fused-ring (bicyclic) bond motifs is 1. The lowest BCUT2D eigenvalue weighted by Crippen LogP contribution is -2.32. The van der Waals surface area contributed by atoms with E-state index in [4.69, 9.17) is 5.11 Å². The number of nitrogens with zero attached hydrogens (tertiary/aromatic N) is 2. The van der Waals surface area contributed by atoms with Gasteiger partial charge in [-0.2, -0.15) is 13.2 Å². The molecular formula is C12H9F3N2O3. The smallest absolute Gasteiger partial charge is 0.438 e. The van der Waals surface area contributed by atoms with Crippen LogP contribution in [0, 0.1) is 6.92 Å². The largest absolute Gasteiger partial charge is 0.480 e. The molecule has 0 radical (unpaired) electrons. The van der Waals surface area contributed by atoms with Gasteiger partial charge in [0.05, 0.1) is 11.0 Å². The summed E-state index contributed by atoms with van der Waals surface area (Å²) >= 11 is 0. The summed E-state index contributed by atoms with van der Waals surface area (Å²) in [6.45, 7) is 0.797. The molecule has 0 atom stereocenters. The third-order valence-corrected chi connectivity index (χ3v) is 2.66. The Morgan fingerprint density at radius 2 is 2.05 bits per heavy atom. The van der Waals surface area contributed by atoms with Gasteiger partial charge in [-0.15, -0.1) is 0 Å². The number of halogens is 3. The number of rotatable bonds is 2. The number of carboxylic acids is 1. The van der Waals surface area contributed by atoms with E-state index in [2.05, 4.69) is 4.98 Å². The van der Waals surface area contributed by atoms with Crippen molar-refractivity contribution in [2.24, 2.45) is 0 Å². The van der Waals surface area contributed by atoms with Crippen molar-refractivity contribution in [2.45, 2.75) is 19.6 Å². The van der Waals surface area contributed by atoms with Gasteiger partial charge in [-0.05, 0) is 24.6 Å². The minimum absolute atomic E-state index is 0.0519. The first kappa shape index (κ1) is 14.0. The van der Waals surface area contributed by atoms with Crippen LogP contribution in [-0.2, 0) is 17.5 Å². The number of aryl methyl sites for hydroxylation is 1. The number of aromatic nitrogens is 2. The Hall–Kier alpha value is -2.38. The molecule has 0 spiro atoms. The van der Waals surface area contributed by atoms with Crippen LogP contribution in [0.15, 0.2) is 23.0 Å². The van der Waals surface area contributed by atoms with E-state index < -0.39 is 29.9 Å². The summed E-state index contributed by atoms with van der Waals surface area (Å²) in [5, 5.41) is 8.74. The van der Waals surface area contributed by atoms with Gasteiger partial charge in [0.25, 0.3) is 5.56 Å². The monoisotopic (exact) mass is 286 g/mol. The Kier molecular flexibility index (Phi) is 3.24. The first-order chi connectivity index (χ1) is 9.20. The second kappa shape index (κ2) is 4.62. The van der Waals surface area contributed by atoms with Crippen molar-refractivity contribution in [1.82, 2.24) is 9.55 Å². The summed E-state index contributed by atoms with van der Waals surface area (Å²) in [7, 11) is 0. The molecule has 0 saturated carbocycles. The summed E-state index contributed by atoms with van der Waals surface area (Å²) in [6.07, 6.45) is -4.94. The number of alkyl halides is 3. The fourth-order valence-electron chi connectivity index (χ4n) is 1.83. The number of hydrogen-bond acceptors (Lipinski definition) is 3.